The molecule has 6 heteroatoms. The number of rotatable bonds is 2. The number of benzene rings is 5. The van der Waals surface area contributed by atoms with Gasteiger partial charge in [-0.25, -0.2) is 9.36 Å². The monoisotopic (exact) mass is 585 g/mol. The second-order valence-corrected chi connectivity index (χ2v) is 10.6. The van der Waals surface area contributed by atoms with E-state index in [2.05, 4.69) is 15.9 Å². The van der Waals surface area contributed by atoms with Crippen LogP contribution in [-0.2, 0) is 0 Å². The van der Waals surface area contributed by atoms with Crippen LogP contribution in [-0.4, -0.2) is 10.5 Å². The van der Waals surface area contributed by atoms with Crippen molar-refractivity contribution in [2.24, 2.45) is 0 Å². The van der Waals surface area contributed by atoms with Gasteiger partial charge in [0.25, 0.3) is 5.56 Å². The lowest BCUT2D eigenvalue weighted by Crippen LogP contribution is -2.25. The van der Waals surface area contributed by atoms with Crippen LogP contribution in [0.4, 0.5) is 0 Å². The van der Waals surface area contributed by atoms with Gasteiger partial charge in [-0.2, -0.15) is 0 Å². The maximum Gasteiger partial charge on any atom is 0.344 e. The van der Waals surface area contributed by atoms with E-state index < -0.39 is 17.1 Å². The third-order valence-corrected chi connectivity index (χ3v) is 8.03. The topological polar surface area (TPSA) is 69.3 Å². The number of carbonyl (C=O) groups excluding carboxylic acids is 1. The van der Waals surface area contributed by atoms with Gasteiger partial charge in [-0.05, 0) is 73.9 Å². The lowest BCUT2D eigenvalue weighted by atomic mass is 9.96. The molecule has 0 aliphatic rings. The van der Waals surface area contributed by atoms with E-state index in [9.17, 15) is 14.4 Å². The molecule has 2 heterocycles. The van der Waals surface area contributed by atoms with E-state index >= 15 is 0 Å². The van der Waals surface area contributed by atoms with Crippen LogP contribution in [0.25, 0.3) is 65.7 Å². The smallest absolute Gasteiger partial charge is 0.344 e. The highest BCUT2D eigenvalue weighted by molar-refractivity contribution is 9.10. The van der Waals surface area contributed by atoms with E-state index in [-0.39, 0.29) is 11.1 Å². The van der Waals surface area contributed by atoms with Gasteiger partial charge in [-0.15, -0.1) is 0 Å². The lowest BCUT2D eigenvalue weighted by Gasteiger charge is -2.15. The zero-order valence-corrected chi connectivity index (χ0v) is 22.9. The van der Waals surface area contributed by atoms with Gasteiger partial charge in [-0.1, -0.05) is 72.8 Å². The average Bonchev–Trinajstić information content (AvgIpc) is 2.98. The Balaban J connectivity index is 1.67. The predicted molar refractivity (Wildman–Crippen MR) is 164 cm³/mol. The Kier molecular flexibility index (Phi) is 5.54. The Labute approximate surface area is 236 Å². The molecule has 7 aromatic rings. The summed E-state index contributed by atoms with van der Waals surface area (Å²) in [7, 11) is 0. The molecule has 0 amide bonds. The van der Waals surface area contributed by atoms with Gasteiger partial charge in [0, 0.05) is 32.9 Å². The van der Waals surface area contributed by atoms with Crippen molar-refractivity contribution in [1.29, 1.82) is 0 Å². The molecule has 7 rings (SSSR count). The number of carbonyl (C=O) groups is 1. The molecule has 0 bridgehead atoms. The minimum atomic E-state index is -0.540. The molecule has 2 aromatic heterocycles. The molecule has 0 spiro atoms. The number of fused-ring (bicyclic) bond motifs is 7. The van der Waals surface area contributed by atoms with Crippen LogP contribution in [0.5, 0.6) is 0 Å². The molecule has 5 aromatic carbocycles. The molecule has 0 saturated carbocycles. The standard InChI is InChI=1S/C34H20BrNO4/c1-19(37)36-31-28(26-16-22(12-14-24(26)33(36)38)20-8-4-2-5-9-20)18-29(35)30-27-17-23(21-10-6-3-7-11-21)13-15-25(27)34(39)40-32(30)31/h2-18H,1H3. The zero-order chi connectivity index (χ0) is 27.5. The van der Waals surface area contributed by atoms with Crippen LogP contribution in [0.3, 0.4) is 0 Å². The van der Waals surface area contributed by atoms with Crippen molar-refractivity contribution in [1.82, 2.24) is 4.57 Å². The third kappa shape index (κ3) is 3.64. The van der Waals surface area contributed by atoms with Crippen LogP contribution in [0.2, 0.25) is 0 Å². The number of halogens is 1. The summed E-state index contributed by atoms with van der Waals surface area (Å²) in [5.74, 6) is -0.464. The molecule has 40 heavy (non-hydrogen) atoms. The van der Waals surface area contributed by atoms with E-state index in [0.717, 1.165) is 26.8 Å². The average molecular weight is 586 g/mol. The molecular weight excluding hydrogens is 566 g/mol. The minimum absolute atomic E-state index is 0.186. The summed E-state index contributed by atoms with van der Waals surface area (Å²) in [6, 6.07) is 32.8. The fourth-order valence-corrected chi connectivity index (χ4v) is 6.19. The van der Waals surface area contributed by atoms with Gasteiger partial charge in [0.2, 0.25) is 5.91 Å². The fraction of sp³-hybridized carbons (Fsp3) is 0.0294. The van der Waals surface area contributed by atoms with Crippen LogP contribution in [0, 0.1) is 0 Å². The second kappa shape index (κ2) is 9.14. The molecule has 0 atom stereocenters. The summed E-state index contributed by atoms with van der Waals surface area (Å²) in [5.41, 5.74) is 3.33. The number of nitrogens with zero attached hydrogens (tertiary/aromatic N) is 1. The molecule has 0 unspecified atom stereocenters. The Bertz CT molecular complexity index is 2280. The molecule has 5 nitrogen and oxygen atoms in total. The van der Waals surface area contributed by atoms with Crippen molar-refractivity contribution in [2.45, 2.75) is 6.92 Å². The Morgan fingerprint density at radius 2 is 1.23 bits per heavy atom. The summed E-state index contributed by atoms with van der Waals surface area (Å²) < 4.78 is 7.73. The van der Waals surface area contributed by atoms with Crippen LogP contribution >= 0.6 is 15.9 Å². The van der Waals surface area contributed by atoms with E-state index in [1.807, 2.05) is 91.0 Å². The Hall–Kier alpha value is -4.81. The number of hydrogen-bond acceptors (Lipinski definition) is 4. The molecule has 0 saturated heterocycles. The fourth-order valence-electron chi connectivity index (χ4n) is 5.57. The first kappa shape index (κ1) is 24.2. The lowest BCUT2D eigenvalue weighted by molar-refractivity contribution is 0.0938. The van der Waals surface area contributed by atoms with E-state index in [4.69, 9.17) is 4.42 Å². The van der Waals surface area contributed by atoms with Crippen molar-refractivity contribution < 1.29 is 9.21 Å². The van der Waals surface area contributed by atoms with Crippen molar-refractivity contribution in [3.63, 3.8) is 0 Å². The highest BCUT2D eigenvalue weighted by Gasteiger charge is 2.22. The maximum atomic E-state index is 13.8. The van der Waals surface area contributed by atoms with Gasteiger partial charge in [-0.3, -0.25) is 9.59 Å². The van der Waals surface area contributed by atoms with Crippen LogP contribution < -0.4 is 11.2 Å². The summed E-state index contributed by atoms with van der Waals surface area (Å²) in [6.07, 6.45) is 0. The van der Waals surface area contributed by atoms with Crippen molar-refractivity contribution in [3.8, 4) is 22.3 Å². The van der Waals surface area contributed by atoms with Gasteiger partial charge in [0.05, 0.1) is 5.39 Å². The molecular formula is C34H20BrNO4. The van der Waals surface area contributed by atoms with Crippen molar-refractivity contribution in [3.05, 3.63) is 128 Å². The first-order valence-corrected chi connectivity index (χ1v) is 13.5. The van der Waals surface area contributed by atoms with Gasteiger partial charge in [0.1, 0.15) is 5.52 Å². The number of aromatic nitrogens is 1. The van der Waals surface area contributed by atoms with E-state index in [1.54, 1.807) is 12.1 Å². The van der Waals surface area contributed by atoms with Gasteiger partial charge in [0.15, 0.2) is 5.58 Å². The Morgan fingerprint density at radius 3 is 1.82 bits per heavy atom. The molecule has 0 N–H and O–H groups in total. The van der Waals surface area contributed by atoms with Crippen molar-refractivity contribution in [2.75, 3.05) is 0 Å². The maximum absolute atomic E-state index is 13.8. The van der Waals surface area contributed by atoms with Crippen LogP contribution in [0.1, 0.15) is 11.7 Å². The molecule has 0 aliphatic carbocycles. The normalized spacial score (nSPS) is 11.6. The van der Waals surface area contributed by atoms with Gasteiger partial charge >= 0.3 is 5.63 Å². The Morgan fingerprint density at radius 1 is 0.650 bits per heavy atom. The summed E-state index contributed by atoms with van der Waals surface area (Å²) in [5, 5.41) is 3.40. The number of pyridine rings is 1. The predicted octanol–water partition coefficient (Wildman–Crippen LogP) is 8.17. The third-order valence-electron chi connectivity index (χ3n) is 7.41. The summed E-state index contributed by atoms with van der Waals surface area (Å²) in [6.45, 7) is 1.34. The first-order chi connectivity index (χ1) is 19.4. The highest BCUT2D eigenvalue weighted by atomic mass is 79.9. The minimum Gasteiger partial charge on any atom is -0.420 e. The summed E-state index contributed by atoms with van der Waals surface area (Å²) in [4.78, 5) is 40.0. The van der Waals surface area contributed by atoms with E-state index in [1.165, 1.54) is 6.92 Å². The molecule has 0 fully saturated rings. The molecule has 192 valence electrons. The zero-order valence-electron chi connectivity index (χ0n) is 21.3. The molecule has 0 radical (unpaired) electrons. The highest BCUT2D eigenvalue weighted by Crippen LogP contribution is 2.39. The number of hydrogen-bond donors (Lipinski definition) is 0. The SMILES string of the molecule is CC(=O)n1c(=O)c2ccc(-c3ccccc3)cc2c2cc(Br)c3c4cc(-c5ccccc5)ccc4c(=O)oc3c21. The van der Waals surface area contributed by atoms with E-state index in [0.29, 0.717) is 36.8 Å². The van der Waals surface area contributed by atoms with Crippen LogP contribution in [0.15, 0.2) is 122 Å². The quantitative estimate of drug-likeness (QED) is 0.151. The van der Waals surface area contributed by atoms with Crippen molar-refractivity contribution >= 4 is 65.3 Å². The van der Waals surface area contributed by atoms with Gasteiger partial charge < -0.3 is 4.42 Å². The second-order valence-electron chi connectivity index (χ2n) is 9.76. The molecule has 0 aliphatic heterocycles. The largest absolute Gasteiger partial charge is 0.420 e. The summed E-state index contributed by atoms with van der Waals surface area (Å²) >= 11 is 3.74. The first-order valence-electron chi connectivity index (χ1n) is 12.8.